The largest absolute Gasteiger partial charge is 0.494 e. The molecule has 7 rings (SSSR count). The van der Waals surface area contributed by atoms with Crippen molar-refractivity contribution in [2.45, 2.75) is 25.8 Å². The molecule has 0 aliphatic carbocycles. The number of fused-ring (bicyclic) bond motifs is 2. The summed E-state index contributed by atoms with van der Waals surface area (Å²) in [4.78, 5) is 28.9. The fourth-order valence-electron chi connectivity index (χ4n) is 7.00. The summed E-state index contributed by atoms with van der Waals surface area (Å²) < 4.78 is 16.1. The predicted molar refractivity (Wildman–Crippen MR) is 210 cm³/mol. The number of methoxy groups -OCH3 is 1. The van der Waals surface area contributed by atoms with Gasteiger partial charge in [-0.05, 0) is 50.6 Å². The van der Waals surface area contributed by atoms with Gasteiger partial charge in [-0.2, -0.15) is 4.98 Å². The van der Waals surface area contributed by atoms with E-state index in [2.05, 4.69) is 77.9 Å². The smallest absolute Gasteiger partial charge is 0.232 e. The molecule has 2 aliphatic rings. The van der Waals surface area contributed by atoms with E-state index in [1.54, 1.807) is 37.7 Å². The Labute approximate surface area is 306 Å². The van der Waals surface area contributed by atoms with Crippen LogP contribution >= 0.6 is 34.8 Å². The number of ether oxygens (including phenoxy) is 1. The predicted octanol–water partition coefficient (Wildman–Crippen LogP) is 6.67. The summed E-state index contributed by atoms with van der Waals surface area (Å²) in [6, 6.07) is 10.9. The van der Waals surface area contributed by atoms with Gasteiger partial charge in [0.2, 0.25) is 5.95 Å². The standard InChI is InChI=1S/C35H43IN10O2S/c1-23-21-29(30(47-5)22-28(23)45-14-9-24(10-15-45)44-18-16-41(2)17-19-44)42(3)35-39-26-11-20-48-33(26)34(40-35)46(36)27-8-7-25-31(38-13-12-37-25)32(27)43(4)49-6/h7-8,11-13,20-22,24H,9-10,14-19H2,1-6H3. The van der Waals surface area contributed by atoms with Gasteiger partial charge in [-0.25, -0.2) is 4.98 Å². The first-order valence-electron chi connectivity index (χ1n) is 16.6. The van der Waals surface area contributed by atoms with Gasteiger partial charge in [-0.1, -0.05) is 11.9 Å². The van der Waals surface area contributed by atoms with Crippen LogP contribution < -0.4 is 22.0 Å². The lowest BCUT2D eigenvalue weighted by Gasteiger charge is -2.43. The van der Waals surface area contributed by atoms with Crippen LogP contribution in [0.25, 0.3) is 22.1 Å². The van der Waals surface area contributed by atoms with Crippen molar-refractivity contribution < 1.29 is 9.15 Å². The highest BCUT2D eigenvalue weighted by Crippen LogP contribution is 2.45. The Morgan fingerprint density at radius 3 is 2.43 bits per heavy atom. The number of piperidine rings is 1. The molecule has 0 saturated carbocycles. The average molecular weight is 795 g/mol. The molecular formula is C35H43IN10O2S. The van der Waals surface area contributed by atoms with Gasteiger partial charge in [0, 0.05) is 95.9 Å². The Morgan fingerprint density at radius 2 is 1.69 bits per heavy atom. The number of halogens is 1. The minimum Gasteiger partial charge on any atom is -0.494 e. The summed E-state index contributed by atoms with van der Waals surface area (Å²) in [5, 5.41) is 0. The number of furan rings is 1. The third kappa shape index (κ3) is 6.55. The van der Waals surface area contributed by atoms with Gasteiger partial charge in [0.25, 0.3) is 0 Å². The van der Waals surface area contributed by atoms with Crippen molar-refractivity contribution in [3.05, 3.63) is 54.6 Å². The highest BCUT2D eigenvalue weighted by Gasteiger charge is 2.29. The number of piperazine rings is 1. The first-order chi connectivity index (χ1) is 23.8. The fourth-order valence-corrected chi connectivity index (χ4v) is 8.08. The number of likely N-dealkylation sites (N-methyl/N-ethyl adjacent to an activating group) is 1. The zero-order valence-corrected chi connectivity index (χ0v) is 31.9. The highest BCUT2D eigenvalue weighted by molar-refractivity contribution is 14.1. The van der Waals surface area contributed by atoms with Crippen LogP contribution in [0.5, 0.6) is 5.75 Å². The van der Waals surface area contributed by atoms with Crippen LogP contribution in [0.2, 0.25) is 0 Å². The maximum absolute atomic E-state index is 6.03. The van der Waals surface area contributed by atoms with E-state index in [-0.39, 0.29) is 0 Å². The maximum atomic E-state index is 6.03. The molecule has 0 amide bonds. The lowest BCUT2D eigenvalue weighted by Crippen LogP contribution is -2.52. The van der Waals surface area contributed by atoms with Crippen LogP contribution in [0.1, 0.15) is 18.4 Å². The van der Waals surface area contributed by atoms with Crippen LogP contribution in [0, 0.1) is 6.92 Å². The molecule has 0 spiro atoms. The third-order valence-corrected chi connectivity index (χ3v) is 11.6. The maximum Gasteiger partial charge on any atom is 0.232 e. The van der Waals surface area contributed by atoms with E-state index in [4.69, 9.17) is 19.1 Å². The molecule has 2 saturated heterocycles. The summed E-state index contributed by atoms with van der Waals surface area (Å²) in [5.74, 6) is 1.95. The Hall–Kier alpha value is -3.60. The van der Waals surface area contributed by atoms with Crippen LogP contribution in [0.3, 0.4) is 0 Å². The Morgan fingerprint density at radius 1 is 0.939 bits per heavy atom. The number of rotatable bonds is 9. The first-order valence-corrected chi connectivity index (χ1v) is 18.7. The van der Waals surface area contributed by atoms with E-state index in [0.717, 1.165) is 60.0 Å². The molecule has 0 N–H and O–H groups in total. The van der Waals surface area contributed by atoms with Gasteiger partial charge < -0.3 is 28.2 Å². The second kappa shape index (κ2) is 14.3. The first kappa shape index (κ1) is 33.9. The molecule has 258 valence electrons. The van der Waals surface area contributed by atoms with E-state index in [1.165, 1.54) is 37.2 Å². The molecule has 0 radical (unpaired) electrons. The van der Waals surface area contributed by atoms with Gasteiger partial charge >= 0.3 is 0 Å². The van der Waals surface area contributed by atoms with Gasteiger partial charge in [0.05, 0.1) is 58.8 Å². The van der Waals surface area contributed by atoms with Gasteiger partial charge in [0.1, 0.15) is 16.8 Å². The van der Waals surface area contributed by atoms with E-state index in [1.807, 2.05) is 46.6 Å². The summed E-state index contributed by atoms with van der Waals surface area (Å²) in [7, 11) is 7.97. The van der Waals surface area contributed by atoms with Crippen molar-refractivity contribution in [2.75, 3.05) is 91.0 Å². The number of aromatic nitrogens is 4. The number of nitrogens with zero attached hydrogens (tertiary/aromatic N) is 10. The molecule has 2 fully saturated rings. The van der Waals surface area contributed by atoms with Crippen molar-refractivity contribution >= 4 is 91.5 Å². The quantitative estimate of drug-likeness (QED) is 0.0905. The second-order valence-corrected chi connectivity index (χ2v) is 14.6. The molecule has 2 aromatic carbocycles. The Balaban J connectivity index is 1.19. The molecule has 5 heterocycles. The van der Waals surface area contributed by atoms with Crippen molar-refractivity contribution in [1.29, 1.82) is 0 Å². The molecule has 5 aromatic rings. The lowest BCUT2D eigenvalue weighted by atomic mass is 10.0. The molecule has 2 aliphatic heterocycles. The molecule has 0 bridgehead atoms. The van der Waals surface area contributed by atoms with Crippen LogP contribution in [0.15, 0.2) is 53.4 Å². The third-order valence-electron chi connectivity index (χ3n) is 9.87. The van der Waals surface area contributed by atoms with Crippen LogP contribution in [0.4, 0.5) is 34.5 Å². The summed E-state index contributed by atoms with van der Waals surface area (Å²) in [5.41, 5.74) is 8.10. The number of hydrogen-bond donors (Lipinski definition) is 0. The number of anilines is 6. The minimum absolute atomic E-state index is 0.532. The number of aryl methyl sites for hydroxylation is 1. The highest BCUT2D eigenvalue weighted by atomic mass is 127. The molecule has 14 heteroatoms. The zero-order valence-electron chi connectivity index (χ0n) is 28.9. The van der Waals surface area contributed by atoms with Crippen molar-refractivity contribution in [3.8, 4) is 5.75 Å². The average Bonchev–Trinajstić information content (AvgIpc) is 3.62. The second-order valence-electron chi connectivity index (χ2n) is 12.7. The van der Waals surface area contributed by atoms with E-state index < -0.39 is 0 Å². The summed E-state index contributed by atoms with van der Waals surface area (Å²) in [6.07, 6.45) is 9.49. The molecular weight excluding hydrogens is 751 g/mol. The van der Waals surface area contributed by atoms with Crippen LogP contribution in [-0.2, 0) is 0 Å². The SMILES string of the molecule is COc1cc(N2CCC(N3CCN(C)CC3)CC2)c(C)cc1N(C)c1nc(N(I)c2ccc3nccnc3c2N(C)SC)c2occc2n1. The fraction of sp³-hybridized carbons (Fsp3) is 0.429. The van der Waals surface area contributed by atoms with E-state index in [0.29, 0.717) is 28.9 Å². The zero-order chi connectivity index (χ0) is 34.2. The lowest BCUT2D eigenvalue weighted by molar-refractivity contribution is 0.0982. The Bertz CT molecular complexity index is 1940. The monoisotopic (exact) mass is 794 g/mol. The normalized spacial score (nSPS) is 16.4. The topological polar surface area (TPSA) is 93.4 Å². The number of benzene rings is 2. The molecule has 0 atom stereocenters. The number of hydrogen-bond acceptors (Lipinski definition) is 13. The van der Waals surface area contributed by atoms with Crippen LogP contribution in [-0.4, -0.2) is 110 Å². The Kier molecular flexibility index (Phi) is 9.91. The van der Waals surface area contributed by atoms with E-state index >= 15 is 0 Å². The summed E-state index contributed by atoms with van der Waals surface area (Å²) >= 11 is 3.89. The van der Waals surface area contributed by atoms with Gasteiger partial charge in [0.15, 0.2) is 11.4 Å². The molecule has 12 nitrogen and oxygen atoms in total. The summed E-state index contributed by atoms with van der Waals surface area (Å²) in [6.45, 7) is 8.93. The molecule has 3 aromatic heterocycles. The van der Waals surface area contributed by atoms with Gasteiger partial charge in [-0.3, -0.25) is 18.0 Å². The van der Waals surface area contributed by atoms with Crippen molar-refractivity contribution in [3.63, 3.8) is 0 Å². The minimum atomic E-state index is 0.532. The van der Waals surface area contributed by atoms with Crippen molar-refractivity contribution in [2.24, 2.45) is 0 Å². The van der Waals surface area contributed by atoms with Gasteiger partial charge in [-0.15, -0.1) is 0 Å². The van der Waals surface area contributed by atoms with E-state index in [9.17, 15) is 0 Å². The van der Waals surface area contributed by atoms with Crippen molar-refractivity contribution in [1.82, 2.24) is 29.7 Å². The molecule has 0 unspecified atom stereocenters. The molecule has 49 heavy (non-hydrogen) atoms.